The van der Waals surface area contributed by atoms with Gasteiger partial charge < -0.3 is 14.2 Å². The lowest BCUT2D eigenvalue weighted by Crippen LogP contribution is -2.44. The Hall–Kier alpha value is -0.810. The standard InChI is InChI=1S/C18H17Cl3O3/c1-22-17(13-8-4-2-5-9-13,14-10-6-3-7-11-14)15-12-23-16(24-15)18(19,20)21/h2-11,15-16H,12H2,1H3/t15-,16?/m1/s1. The zero-order valence-corrected chi connectivity index (χ0v) is 15.3. The van der Waals surface area contributed by atoms with Crippen molar-refractivity contribution in [3.63, 3.8) is 0 Å². The topological polar surface area (TPSA) is 27.7 Å². The molecule has 0 N–H and O–H groups in total. The summed E-state index contributed by atoms with van der Waals surface area (Å²) in [5.41, 5.74) is 1.02. The van der Waals surface area contributed by atoms with Crippen LogP contribution in [-0.4, -0.2) is 29.9 Å². The highest BCUT2D eigenvalue weighted by molar-refractivity contribution is 6.67. The van der Waals surface area contributed by atoms with Crippen LogP contribution in [-0.2, 0) is 19.8 Å². The molecular weight excluding hydrogens is 371 g/mol. The van der Waals surface area contributed by atoms with Crippen LogP contribution in [0, 0.1) is 0 Å². The number of methoxy groups -OCH3 is 1. The van der Waals surface area contributed by atoms with Crippen molar-refractivity contribution in [2.24, 2.45) is 0 Å². The van der Waals surface area contributed by atoms with Gasteiger partial charge in [0.15, 0.2) is 0 Å². The van der Waals surface area contributed by atoms with Crippen molar-refractivity contribution in [1.29, 1.82) is 0 Å². The van der Waals surface area contributed by atoms with Gasteiger partial charge >= 0.3 is 0 Å². The number of benzene rings is 2. The highest BCUT2D eigenvalue weighted by atomic mass is 35.6. The van der Waals surface area contributed by atoms with E-state index < -0.39 is 21.8 Å². The number of alkyl halides is 3. The van der Waals surface area contributed by atoms with Crippen molar-refractivity contribution in [1.82, 2.24) is 0 Å². The van der Waals surface area contributed by atoms with E-state index in [1.54, 1.807) is 7.11 Å². The van der Waals surface area contributed by atoms with E-state index in [-0.39, 0.29) is 6.61 Å². The van der Waals surface area contributed by atoms with Crippen LogP contribution >= 0.6 is 34.8 Å². The third kappa shape index (κ3) is 3.30. The Bertz CT molecular complexity index is 619. The Kier molecular flexibility index (Phi) is 5.40. The predicted octanol–water partition coefficient (Wildman–Crippen LogP) is 4.69. The summed E-state index contributed by atoms with van der Waals surface area (Å²) in [5, 5.41) is 0. The first-order chi connectivity index (χ1) is 11.5. The maximum Gasteiger partial charge on any atom is 0.240 e. The lowest BCUT2D eigenvalue weighted by molar-refractivity contribution is -0.118. The summed E-state index contributed by atoms with van der Waals surface area (Å²) < 4.78 is 15.9. The molecule has 1 heterocycles. The van der Waals surface area contributed by atoms with E-state index in [1.165, 1.54) is 0 Å². The molecular formula is C18H17Cl3O3. The maximum atomic E-state index is 6.02. The Balaban J connectivity index is 2.07. The molecule has 6 heteroatoms. The highest BCUT2D eigenvalue weighted by Crippen LogP contribution is 2.44. The zero-order chi connectivity index (χ0) is 17.2. The van der Waals surface area contributed by atoms with Gasteiger partial charge in [-0.3, -0.25) is 0 Å². The minimum atomic E-state index is -1.67. The molecule has 1 unspecified atom stereocenters. The predicted molar refractivity (Wildman–Crippen MR) is 95.6 cm³/mol. The Labute approximate surface area is 156 Å². The molecule has 24 heavy (non-hydrogen) atoms. The highest BCUT2D eigenvalue weighted by Gasteiger charge is 2.51. The van der Waals surface area contributed by atoms with Gasteiger partial charge in [0.25, 0.3) is 0 Å². The quantitative estimate of drug-likeness (QED) is 0.712. The Morgan fingerprint density at radius 1 is 0.917 bits per heavy atom. The molecule has 3 rings (SSSR count). The first-order valence-electron chi connectivity index (χ1n) is 7.48. The minimum absolute atomic E-state index is 0.246. The molecule has 0 bridgehead atoms. The van der Waals surface area contributed by atoms with Crippen molar-refractivity contribution in [2.45, 2.75) is 21.8 Å². The second kappa shape index (κ2) is 7.20. The molecule has 1 aliphatic heterocycles. The minimum Gasteiger partial charge on any atom is -0.366 e. The van der Waals surface area contributed by atoms with Gasteiger partial charge in [0, 0.05) is 7.11 Å². The van der Waals surface area contributed by atoms with Gasteiger partial charge in [-0.05, 0) is 11.1 Å². The molecule has 0 radical (unpaired) electrons. The molecule has 0 saturated carbocycles. The fourth-order valence-corrected chi connectivity index (χ4v) is 3.41. The summed E-state index contributed by atoms with van der Waals surface area (Å²) in [6.07, 6.45) is -1.41. The maximum absolute atomic E-state index is 6.02. The van der Waals surface area contributed by atoms with Gasteiger partial charge in [0.1, 0.15) is 11.7 Å². The second-order valence-corrected chi connectivity index (χ2v) is 7.87. The lowest BCUT2D eigenvalue weighted by atomic mass is 9.81. The average molecular weight is 388 g/mol. The van der Waals surface area contributed by atoms with Crippen LogP contribution < -0.4 is 0 Å². The van der Waals surface area contributed by atoms with Crippen LogP contribution in [0.2, 0.25) is 0 Å². The summed E-state index contributed by atoms with van der Waals surface area (Å²) in [5.74, 6) is 0. The number of halogens is 3. The molecule has 0 spiro atoms. The van der Waals surface area contributed by atoms with E-state index in [0.717, 1.165) is 11.1 Å². The summed E-state index contributed by atoms with van der Waals surface area (Å²) in [6.45, 7) is 0.246. The molecule has 0 amide bonds. The van der Waals surface area contributed by atoms with Crippen LogP contribution in [0.3, 0.4) is 0 Å². The molecule has 0 aliphatic carbocycles. The third-order valence-corrected chi connectivity index (χ3v) is 4.67. The van der Waals surface area contributed by atoms with Crippen LogP contribution in [0.1, 0.15) is 11.1 Å². The van der Waals surface area contributed by atoms with E-state index in [0.29, 0.717) is 0 Å². The monoisotopic (exact) mass is 386 g/mol. The van der Waals surface area contributed by atoms with Crippen molar-refractivity contribution in [3.8, 4) is 0 Å². The van der Waals surface area contributed by atoms with Crippen molar-refractivity contribution < 1.29 is 14.2 Å². The van der Waals surface area contributed by atoms with Gasteiger partial charge in [0.05, 0.1) is 6.61 Å². The molecule has 1 aliphatic rings. The average Bonchev–Trinajstić information content (AvgIpc) is 3.09. The molecule has 2 atom stereocenters. The Morgan fingerprint density at radius 3 is 1.79 bits per heavy atom. The summed E-state index contributed by atoms with van der Waals surface area (Å²) in [6, 6.07) is 19.7. The van der Waals surface area contributed by atoms with Crippen LogP contribution in [0.25, 0.3) is 0 Å². The lowest BCUT2D eigenvalue weighted by Gasteiger charge is -2.38. The number of ether oxygens (including phenoxy) is 3. The van der Waals surface area contributed by atoms with Gasteiger partial charge in [-0.1, -0.05) is 95.5 Å². The van der Waals surface area contributed by atoms with E-state index >= 15 is 0 Å². The molecule has 128 valence electrons. The molecule has 1 fully saturated rings. The smallest absolute Gasteiger partial charge is 0.240 e. The zero-order valence-electron chi connectivity index (χ0n) is 13.0. The molecule has 1 saturated heterocycles. The molecule has 2 aromatic carbocycles. The first kappa shape index (κ1) is 18.0. The number of hydrogen-bond donors (Lipinski definition) is 0. The van der Waals surface area contributed by atoms with E-state index in [1.807, 2.05) is 60.7 Å². The van der Waals surface area contributed by atoms with E-state index in [9.17, 15) is 0 Å². The van der Waals surface area contributed by atoms with Crippen LogP contribution in [0.5, 0.6) is 0 Å². The number of rotatable bonds is 4. The second-order valence-electron chi connectivity index (χ2n) is 5.50. The van der Waals surface area contributed by atoms with E-state index in [4.69, 9.17) is 49.0 Å². The van der Waals surface area contributed by atoms with Crippen molar-refractivity contribution in [2.75, 3.05) is 13.7 Å². The SMILES string of the molecule is COC(c1ccccc1)(c1ccccc1)[C@H]1COC(C(Cl)(Cl)Cl)O1. The normalized spacial score (nSPS) is 21.8. The summed E-state index contributed by atoms with van der Waals surface area (Å²) >= 11 is 17.8. The van der Waals surface area contributed by atoms with Gasteiger partial charge in [-0.15, -0.1) is 0 Å². The van der Waals surface area contributed by atoms with Gasteiger partial charge in [-0.25, -0.2) is 0 Å². The Morgan fingerprint density at radius 2 is 1.42 bits per heavy atom. The fraction of sp³-hybridized carbons (Fsp3) is 0.333. The van der Waals surface area contributed by atoms with Crippen molar-refractivity contribution >= 4 is 34.8 Å². The van der Waals surface area contributed by atoms with Gasteiger partial charge in [-0.2, -0.15) is 0 Å². The molecule has 3 nitrogen and oxygen atoms in total. The van der Waals surface area contributed by atoms with Crippen molar-refractivity contribution in [3.05, 3.63) is 71.8 Å². The fourth-order valence-electron chi connectivity index (χ4n) is 3.06. The largest absolute Gasteiger partial charge is 0.366 e. The molecule has 0 aromatic heterocycles. The van der Waals surface area contributed by atoms with Crippen LogP contribution in [0.4, 0.5) is 0 Å². The summed E-state index contributed by atoms with van der Waals surface area (Å²) in [7, 11) is 1.64. The number of hydrogen-bond acceptors (Lipinski definition) is 3. The van der Waals surface area contributed by atoms with Gasteiger partial charge in [0.2, 0.25) is 10.1 Å². The molecule has 2 aromatic rings. The summed E-state index contributed by atoms with van der Waals surface area (Å²) in [4.78, 5) is 0. The third-order valence-electron chi connectivity index (χ3n) is 4.13. The van der Waals surface area contributed by atoms with Crippen LogP contribution in [0.15, 0.2) is 60.7 Å². The first-order valence-corrected chi connectivity index (χ1v) is 8.62. The van der Waals surface area contributed by atoms with E-state index in [2.05, 4.69) is 0 Å².